The van der Waals surface area contributed by atoms with Crippen LogP contribution >= 0.6 is 11.6 Å². The van der Waals surface area contributed by atoms with Crippen LogP contribution in [0.2, 0.25) is 0 Å². The Kier molecular flexibility index (Phi) is 4.54. The molecule has 3 aromatic rings. The summed E-state index contributed by atoms with van der Waals surface area (Å²) in [5.74, 6) is -1.45. The van der Waals surface area contributed by atoms with Crippen molar-refractivity contribution in [1.82, 2.24) is 0 Å². The standard InChI is InChI=1S/C18H12ClNO5/c19-9-10-5-6-14-11(7-10)8-13(17(22)24-14)18(23)25-15-4-2-1-3-12(15)16(20)21/h1-8H,9H2,(H2,20,21). The first-order chi connectivity index (χ1) is 12.0. The van der Waals surface area contributed by atoms with Crippen molar-refractivity contribution in [2.24, 2.45) is 5.73 Å². The molecule has 7 heteroatoms. The fourth-order valence-electron chi connectivity index (χ4n) is 2.31. The molecule has 0 saturated carbocycles. The second kappa shape index (κ2) is 6.78. The van der Waals surface area contributed by atoms with E-state index in [0.29, 0.717) is 11.0 Å². The van der Waals surface area contributed by atoms with Crippen LogP contribution in [0.15, 0.2) is 57.7 Å². The van der Waals surface area contributed by atoms with Crippen LogP contribution in [-0.4, -0.2) is 11.9 Å². The van der Waals surface area contributed by atoms with Gasteiger partial charge in [0.25, 0.3) is 5.91 Å². The van der Waals surface area contributed by atoms with E-state index in [2.05, 4.69) is 0 Å². The lowest BCUT2D eigenvalue weighted by Crippen LogP contribution is -2.20. The number of para-hydroxylation sites is 1. The third-order valence-corrected chi connectivity index (χ3v) is 3.83. The minimum atomic E-state index is -0.944. The molecule has 25 heavy (non-hydrogen) atoms. The largest absolute Gasteiger partial charge is 0.422 e. The molecule has 0 aliphatic rings. The topological polar surface area (TPSA) is 99.6 Å². The average molecular weight is 358 g/mol. The van der Waals surface area contributed by atoms with Gasteiger partial charge in [-0.05, 0) is 35.9 Å². The Morgan fingerprint density at radius 3 is 2.56 bits per heavy atom. The first-order valence-corrected chi connectivity index (χ1v) is 7.77. The van der Waals surface area contributed by atoms with E-state index < -0.39 is 17.5 Å². The van der Waals surface area contributed by atoms with Crippen LogP contribution in [0.4, 0.5) is 0 Å². The second-order valence-corrected chi connectivity index (χ2v) is 5.47. The van der Waals surface area contributed by atoms with E-state index in [1.165, 1.54) is 18.2 Å². The van der Waals surface area contributed by atoms with Crippen molar-refractivity contribution in [3.63, 3.8) is 0 Å². The first kappa shape index (κ1) is 16.7. The lowest BCUT2D eigenvalue weighted by Gasteiger charge is -2.07. The Hall–Kier alpha value is -3.12. The Morgan fingerprint density at radius 2 is 1.84 bits per heavy atom. The van der Waals surface area contributed by atoms with Crippen LogP contribution in [0.1, 0.15) is 26.3 Å². The second-order valence-electron chi connectivity index (χ2n) is 5.20. The van der Waals surface area contributed by atoms with E-state index in [4.69, 9.17) is 26.5 Å². The van der Waals surface area contributed by atoms with E-state index in [0.717, 1.165) is 5.56 Å². The van der Waals surface area contributed by atoms with Crippen LogP contribution in [0.25, 0.3) is 11.0 Å². The summed E-state index contributed by atoms with van der Waals surface area (Å²) in [6.07, 6.45) is 0. The van der Waals surface area contributed by atoms with Gasteiger partial charge in [0, 0.05) is 11.3 Å². The molecule has 3 rings (SSSR count). The van der Waals surface area contributed by atoms with Crippen LogP contribution < -0.4 is 16.1 Å². The van der Waals surface area contributed by atoms with Crippen LogP contribution in [0, 0.1) is 0 Å². The molecule has 0 spiro atoms. The third kappa shape index (κ3) is 3.39. The van der Waals surface area contributed by atoms with Crippen LogP contribution in [0.5, 0.6) is 5.75 Å². The Morgan fingerprint density at radius 1 is 1.08 bits per heavy atom. The van der Waals surface area contributed by atoms with E-state index in [1.807, 2.05) is 0 Å². The molecule has 0 aliphatic carbocycles. The molecule has 0 fully saturated rings. The number of esters is 1. The molecule has 0 aliphatic heterocycles. The number of benzene rings is 2. The van der Waals surface area contributed by atoms with Gasteiger partial charge >= 0.3 is 11.6 Å². The Bertz CT molecular complexity index is 1040. The number of fused-ring (bicyclic) bond motifs is 1. The summed E-state index contributed by atoms with van der Waals surface area (Å²) in [7, 11) is 0. The number of rotatable bonds is 4. The van der Waals surface area contributed by atoms with Crippen LogP contribution in [0.3, 0.4) is 0 Å². The highest BCUT2D eigenvalue weighted by Crippen LogP contribution is 2.20. The molecule has 0 radical (unpaired) electrons. The van der Waals surface area contributed by atoms with Gasteiger partial charge in [0.05, 0.1) is 5.56 Å². The summed E-state index contributed by atoms with van der Waals surface area (Å²) in [4.78, 5) is 35.8. The smallest absolute Gasteiger partial charge is 0.351 e. The molecule has 0 bridgehead atoms. The molecular formula is C18H12ClNO5. The maximum atomic E-state index is 12.3. The van der Waals surface area contributed by atoms with Gasteiger partial charge in [-0.2, -0.15) is 0 Å². The van der Waals surface area contributed by atoms with Gasteiger partial charge in [0.2, 0.25) is 0 Å². The molecular weight excluding hydrogens is 346 g/mol. The van der Waals surface area contributed by atoms with Crippen molar-refractivity contribution in [2.45, 2.75) is 5.88 Å². The maximum Gasteiger partial charge on any atom is 0.351 e. The molecule has 2 aromatic carbocycles. The SMILES string of the molecule is NC(=O)c1ccccc1OC(=O)c1cc2cc(CCl)ccc2oc1=O. The van der Waals surface area contributed by atoms with Gasteiger partial charge in [0.15, 0.2) is 0 Å². The molecule has 2 N–H and O–H groups in total. The number of ether oxygens (including phenoxy) is 1. The summed E-state index contributed by atoms with van der Waals surface area (Å²) < 4.78 is 10.3. The highest BCUT2D eigenvalue weighted by molar-refractivity contribution is 6.17. The number of hydrogen-bond acceptors (Lipinski definition) is 5. The summed E-state index contributed by atoms with van der Waals surface area (Å²) >= 11 is 5.79. The monoisotopic (exact) mass is 357 g/mol. The number of amides is 1. The molecule has 0 saturated heterocycles. The maximum absolute atomic E-state index is 12.3. The zero-order valence-electron chi connectivity index (χ0n) is 12.8. The number of carbonyl (C=O) groups excluding carboxylic acids is 2. The molecule has 1 amide bonds. The summed E-state index contributed by atoms with van der Waals surface area (Å²) in [6, 6.07) is 12.4. The lowest BCUT2D eigenvalue weighted by molar-refractivity contribution is 0.0728. The number of primary amides is 1. The van der Waals surface area contributed by atoms with Crippen molar-refractivity contribution in [3.8, 4) is 5.75 Å². The molecule has 0 unspecified atom stereocenters. The third-order valence-electron chi connectivity index (χ3n) is 3.53. The average Bonchev–Trinajstić information content (AvgIpc) is 2.61. The number of carbonyl (C=O) groups is 2. The fourth-order valence-corrected chi connectivity index (χ4v) is 2.48. The van der Waals surface area contributed by atoms with Gasteiger partial charge in [-0.3, -0.25) is 4.79 Å². The lowest BCUT2D eigenvalue weighted by atomic mass is 10.1. The normalized spacial score (nSPS) is 10.6. The predicted octanol–water partition coefficient (Wildman–Crippen LogP) is 2.85. The molecule has 6 nitrogen and oxygen atoms in total. The van der Waals surface area contributed by atoms with Gasteiger partial charge in [-0.15, -0.1) is 11.6 Å². The van der Waals surface area contributed by atoms with Crippen molar-refractivity contribution < 1.29 is 18.7 Å². The minimum Gasteiger partial charge on any atom is -0.422 e. The fraction of sp³-hybridized carbons (Fsp3) is 0.0556. The van der Waals surface area contributed by atoms with Crippen molar-refractivity contribution >= 4 is 34.4 Å². The van der Waals surface area contributed by atoms with Crippen molar-refractivity contribution in [1.29, 1.82) is 0 Å². The summed E-state index contributed by atoms with van der Waals surface area (Å²) in [5.41, 5.74) is 5.28. The van der Waals surface area contributed by atoms with Gasteiger partial charge in [-0.25, -0.2) is 9.59 Å². The predicted molar refractivity (Wildman–Crippen MR) is 92.0 cm³/mol. The Balaban J connectivity index is 2.01. The number of nitrogens with two attached hydrogens (primary N) is 1. The van der Waals surface area contributed by atoms with E-state index in [-0.39, 0.29) is 22.8 Å². The number of alkyl halides is 1. The van der Waals surface area contributed by atoms with Crippen LogP contribution in [-0.2, 0) is 5.88 Å². The van der Waals surface area contributed by atoms with Crippen molar-refractivity contribution in [2.75, 3.05) is 0 Å². The highest BCUT2D eigenvalue weighted by atomic mass is 35.5. The van der Waals surface area contributed by atoms with E-state index in [1.54, 1.807) is 30.3 Å². The quantitative estimate of drug-likeness (QED) is 0.335. The minimum absolute atomic E-state index is 0.0328. The molecule has 0 atom stereocenters. The molecule has 126 valence electrons. The summed E-state index contributed by atoms with van der Waals surface area (Å²) in [6.45, 7) is 0. The highest BCUT2D eigenvalue weighted by Gasteiger charge is 2.19. The molecule has 1 heterocycles. The van der Waals surface area contributed by atoms with Gasteiger partial charge in [0.1, 0.15) is 16.9 Å². The first-order valence-electron chi connectivity index (χ1n) is 7.23. The van der Waals surface area contributed by atoms with Gasteiger partial charge in [-0.1, -0.05) is 18.2 Å². The zero-order valence-corrected chi connectivity index (χ0v) is 13.6. The van der Waals surface area contributed by atoms with Gasteiger partial charge < -0.3 is 14.9 Å². The zero-order chi connectivity index (χ0) is 18.0. The van der Waals surface area contributed by atoms with Crippen molar-refractivity contribution in [3.05, 3.63) is 75.6 Å². The molecule has 1 aromatic heterocycles. The summed E-state index contributed by atoms with van der Waals surface area (Å²) in [5, 5.41) is 0.535. The number of halogens is 1. The van der Waals surface area contributed by atoms with E-state index in [9.17, 15) is 14.4 Å². The Labute approximate surface area is 146 Å². The van der Waals surface area contributed by atoms with E-state index >= 15 is 0 Å². The number of hydrogen-bond donors (Lipinski definition) is 1.